The van der Waals surface area contributed by atoms with Crippen LogP contribution in [0.4, 0.5) is 0 Å². The number of aliphatic hydroxyl groups excluding tert-OH is 1. The molecule has 0 aliphatic heterocycles. The molecule has 4 nitrogen and oxygen atoms in total. The maximum Gasteiger partial charge on any atom is 0.163 e. The number of benzene rings is 1. The van der Waals surface area contributed by atoms with Crippen LogP contribution in [-0.2, 0) is 6.61 Å². The van der Waals surface area contributed by atoms with Crippen molar-refractivity contribution in [2.45, 2.75) is 57.5 Å². The van der Waals surface area contributed by atoms with Gasteiger partial charge in [-0.05, 0) is 25.0 Å². The van der Waals surface area contributed by atoms with E-state index in [-0.39, 0.29) is 6.61 Å². The van der Waals surface area contributed by atoms with Crippen LogP contribution in [0.3, 0.4) is 0 Å². The van der Waals surface area contributed by atoms with Crippen LogP contribution in [0.2, 0.25) is 0 Å². The zero-order valence-corrected chi connectivity index (χ0v) is 12.4. The second kappa shape index (κ2) is 6.85. The molecule has 0 spiro atoms. The summed E-state index contributed by atoms with van der Waals surface area (Å²) >= 11 is 0. The summed E-state index contributed by atoms with van der Waals surface area (Å²) in [6.45, 7) is -0.0748. The molecule has 0 atom stereocenters. The number of nitrogens with zero attached hydrogens (tertiary/aromatic N) is 3. The van der Waals surface area contributed by atoms with E-state index in [2.05, 4.69) is 22.3 Å². The molecule has 1 fully saturated rings. The number of aliphatic hydroxyl groups is 1. The predicted molar refractivity (Wildman–Crippen MR) is 82.3 cm³/mol. The molecule has 1 N–H and O–H groups in total. The lowest BCUT2D eigenvalue weighted by molar-refractivity contribution is 0.268. The fourth-order valence-corrected chi connectivity index (χ4v) is 3.27. The van der Waals surface area contributed by atoms with E-state index in [1.807, 2.05) is 22.8 Å². The summed E-state index contributed by atoms with van der Waals surface area (Å²) in [5.74, 6) is 2.11. The standard InChI is InChI=1S/C17H23N3O/c21-13-16-18-19-17(14-9-5-2-1-3-6-10-14)20(16)15-11-7-4-8-12-15/h4,7-8,11-12,14,21H,1-3,5-6,9-10,13H2. The van der Waals surface area contributed by atoms with Gasteiger partial charge in [0.15, 0.2) is 5.82 Å². The van der Waals surface area contributed by atoms with Crippen molar-refractivity contribution in [2.24, 2.45) is 0 Å². The van der Waals surface area contributed by atoms with Crippen LogP contribution in [0.5, 0.6) is 0 Å². The quantitative estimate of drug-likeness (QED) is 0.937. The number of hydrogen-bond acceptors (Lipinski definition) is 3. The Morgan fingerprint density at radius 1 is 0.952 bits per heavy atom. The summed E-state index contributed by atoms with van der Waals surface area (Å²) in [6, 6.07) is 10.1. The van der Waals surface area contributed by atoms with Crippen molar-refractivity contribution in [3.05, 3.63) is 42.0 Å². The Morgan fingerprint density at radius 2 is 1.62 bits per heavy atom. The molecule has 0 bridgehead atoms. The average molecular weight is 285 g/mol. The van der Waals surface area contributed by atoms with E-state index in [0.717, 1.165) is 11.5 Å². The first-order chi connectivity index (χ1) is 10.4. The van der Waals surface area contributed by atoms with Gasteiger partial charge in [-0.25, -0.2) is 0 Å². The van der Waals surface area contributed by atoms with Crippen LogP contribution in [-0.4, -0.2) is 19.9 Å². The van der Waals surface area contributed by atoms with Crippen LogP contribution in [0.25, 0.3) is 5.69 Å². The van der Waals surface area contributed by atoms with Crippen LogP contribution in [0, 0.1) is 0 Å². The van der Waals surface area contributed by atoms with Gasteiger partial charge >= 0.3 is 0 Å². The lowest BCUT2D eigenvalue weighted by Crippen LogP contribution is -2.11. The predicted octanol–water partition coefficient (Wildman–Crippen LogP) is 3.59. The van der Waals surface area contributed by atoms with Gasteiger partial charge in [-0.2, -0.15) is 0 Å². The third kappa shape index (κ3) is 3.16. The molecule has 0 amide bonds. The SMILES string of the molecule is OCc1nnc(C2CCCCCCC2)n1-c1ccccc1. The fourth-order valence-electron chi connectivity index (χ4n) is 3.27. The summed E-state index contributed by atoms with van der Waals surface area (Å²) in [6.07, 6.45) is 8.89. The maximum atomic E-state index is 9.57. The van der Waals surface area contributed by atoms with Gasteiger partial charge in [-0.15, -0.1) is 10.2 Å². The third-order valence-corrected chi connectivity index (χ3v) is 4.38. The lowest BCUT2D eigenvalue weighted by atomic mass is 9.90. The van der Waals surface area contributed by atoms with Crippen molar-refractivity contribution in [3.63, 3.8) is 0 Å². The van der Waals surface area contributed by atoms with E-state index >= 15 is 0 Å². The average Bonchev–Trinajstić information content (AvgIpc) is 2.91. The minimum absolute atomic E-state index is 0.0748. The molecular formula is C17H23N3O. The second-order valence-electron chi connectivity index (χ2n) is 5.85. The van der Waals surface area contributed by atoms with Crippen LogP contribution in [0.15, 0.2) is 30.3 Å². The molecule has 4 heteroatoms. The van der Waals surface area contributed by atoms with E-state index in [4.69, 9.17) is 0 Å². The maximum absolute atomic E-state index is 9.57. The van der Waals surface area contributed by atoms with Crippen molar-refractivity contribution >= 4 is 0 Å². The number of aromatic nitrogens is 3. The monoisotopic (exact) mass is 285 g/mol. The Bertz CT molecular complexity index is 557. The molecule has 1 saturated carbocycles. The zero-order chi connectivity index (χ0) is 14.5. The number of hydrogen-bond donors (Lipinski definition) is 1. The van der Waals surface area contributed by atoms with E-state index < -0.39 is 0 Å². The molecule has 1 aliphatic carbocycles. The lowest BCUT2D eigenvalue weighted by Gasteiger charge is -2.20. The Labute approximate surface area is 125 Å². The van der Waals surface area contributed by atoms with Crippen molar-refractivity contribution in [3.8, 4) is 5.69 Å². The summed E-state index contributed by atoms with van der Waals surface area (Å²) in [7, 11) is 0. The van der Waals surface area contributed by atoms with Crippen molar-refractivity contribution < 1.29 is 5.11 Å². The molecule has 0 unspecified atom stereocenters. The van der Waals surface area contributed by atoms with Crippen LogP contribution >= 0.6 is 0 Å². The minimum Gasteiger partial charge on any atom is -0.388 e. The van der Waals surface area contributed by atoms with E-state index in [1.54, 1.807) is 0 Å². The molecule has 1 aromatic heterocycles. The Kier molecular flexibility index (Phi) is 4.65. The van der Waals surface area contributed by atoms with Gasteiger partial charge in [0.05, 0.1) is 0 Å². The molecule has 1 heterocycles. The summed E-state index contributed by atoms with van der Waals surface area (Å²) in [5.41, 5.74) is 1.05. The zero-order valence-electron chi connectivity index (χ0n) is 12.4. The summed E-state index contributed by atoms with van der Waals surface area (Å²) < 4.78 is 2.05. The van der Waals surface area contributed by atoms with Gasteiger partial charge in [-0.3, -0.25) is 4.57 Å². The van der Waals surface area contributed by atoms with Gasteiger partial charge in [0.1, 0.15) is 12.4 Å². The summed E-state index contributed by atoms with van der Waals surface area (Å²) in [4.78, 5) is 0. The Balaban J connectivity index is 1.96. The van der Waals surface area contributed by atoms with E-state index in [9.17, 15) is 5.11 Å². The third-order valence-electron chi connectivity index (χ3n) is 4.38. The van der Waals surface area contributed by atoms with E-state index in [0.29, 0.717) is 11.7 Å². The van der Waals surface area contributed by atoms with Gasteiger partial charge in [-0.1, -0.05) is 50.3 Å². The highest BCUT2D eigenvalue weighted by atomic mass is 16.3. The second-order valence-corrected chi connectivity index (χ2v) is 5.85. The number of rotatable bonds is 3. The highest BCUT2D eigenvalue weighted by molar-refractivity contribution is 5.34. The van der Waals surface area contributed by atoms with Gasteiger partial charge < -0.3 is 5.11 Å². The summed E-state index contributed by atoms with van der Waals surface area (Å²) in [5, 5.41) is 18.2. The molecule has 1 aliphatic rings. The van der Waals surface area contributed by atoms with Gasteiger partial charge in [0.2, 0.25) is 0 Å². The molecule has 21 heavy (non-hydrogen) atoms. The smallest absolute Gasteiger partial charge is 0.163 e. The molecule has 1 aromatic carbocycles. The first-order valence-electron chi connectivity index (χ1n) is 8.00. The normalized spacial score (nSPS) is 17.4. The van der Waals surface area contributed by atoms with Crippen LogP contribution in [0.1, 0.15) is 62.5 Å². The van der Waals surface area contributed by atoms with Crippen LogP contribution < -0.4 is 0 Å². The Hall–Kier alpha value is -1.68. The molecule has 2 aromatic rings. The Morgan fingerprint density at radius 3 is 2.29 bits per heavy atom. The fraction of sp³-hybridized carbons (Fsp3) is 0.529. The first kappa shape index (κ1) is 14.3. The van der Waals surface area contributed by atoms with Gasteiger partial charge in [0, 0.05) is 11.6 Å². The minimum atomic E-state index is -0.0748. The highest BCUT2D eigenvalue weighted by Crippen LogP contribution is 2.31. The molecule has 0 saturated heterocycles. The van der Waals surface area contributed by atoms with Crippen molar-refractivity contribution in [2.75, 3.05) is 0 Å². The molecular weight excluding hydrogens is 262 g/mol. The number of para-hydroxylation sites is 1. The molecule has 3 rings (SSSR count). The molecule has 112 valence electrons. The van der Waals surface area contributed by atoms with Crippen molar-refractivity contribution in [1.82, 2.24) is 14.8 Å². The highest BCUT2D eigenvalue weighted by Gasteiger charge is 2.22. The largest absolute Gasteiger partial charge is 0.388 e. The molecule has 0 radical (unpaired) electrons. The van der Waals surface area contributed by atoms with Crippen molar-refractivity contribution in [1.29, 1.82) is 0 Å². The first-order valence-corrected chi connectivity index (χ1v) is 8.00. The van der Waals surface area contributed by atoms with Gasteiger partial charge in [0.25, 0.3) is 0 Å². The van der Waals surface area contributed by atoms with E-state index in [1.165, 1.54) is 44.9 Å². The topological polar surface area (TPSA) is 50.9 Å².